The van der Waals surface area contributed by atoms with Crippen LogP contribution in [0.15, 0.2) is 60.8 Å². The zero-order chi connectivity index (χ0) is 26.8. The number of aromatic nitrogens is 1. The number of β-amino-alcohol motifs (C(OH)–C–C–N with tert-alkyl or cyclic N) is 1. The van der Waals surface area contributed by atoms with E-state index in [9.17, 15) is 19.1 Å². The molecule has 194 valence electrons. The van der Waals surface area contributed by atoms with Crippen molar-refractivity contribution in [3.8, 4) is 34.1 Å². The van der Waals surface area contributed by atoms with Crippen molar-refractivity contribution in [3.63, 3.8) is 0 Å². The van der Waals surface area contributed by atoms with Crippen LogP contribution in [0, 0.1) is 23.0 Å². The minimum Gasteiger partial charge on any atom is -0.466 e. The van der Waals surface area contributed by atoms with E-state index in [2.05, 4.69) is 11.1 Å². The van der Waals surface area contributed by atoms with E-state index >= 15 is 0 Å². The molecule has 38 heavy (non-hydrogen) atoms. The maximum Gasteiger partial charge on any atom is 0.188 e. The number of aliphatic hydroxyl groups excluding tert-OH is 1. The Morgan fingerprint density at radius 1 is 1.11 bits per heavy atom. The lowest BCUT2D eigenvalue weighted by atomic mass is 9.95. The molecule has 3 aromatic carbocycles. The number of hydrogen-bond donors (Lipinski definition) is 2. The van der Waals surface area contributed by atoms with Gasteiger partial charge in [-0.05, 0) is 47.9 Å². The molecule has 0 radical (unpaired) electrons. The van der Waals surface area contributed by atoms with E-state index in [1.165, 1.54) is 19.2 Å². The van der Waals surface area contributed by atoms with Crippen LogP contribution in [0.4, 0.5) is 14.5 Å². The second-order valence-electron chi connectivity index (χ2n) is 9.22. The number of anilines is 1. The van der Waals surface area contributed by atoms with Crippen molar-refractivity contribution >= 4 is 16.6 Å². The fourth-order valence-electron chi connectivity index (χ4n) is 4.89. The largest absolute Gasteiger partial charge is 0.466 e. The highest BCUT2D eigenvalue weighted by Crippen LogP contribution is 2.41. The first kappa shape index (κ1) is 25.5. The lowest BCUT2D eigenvalue weighted by Crippen LogP contribution is -2.50. The smallest absolute Gasteiger partial charge is 0.188 e. The van der Waals surface area contributed by atoms with Gasteiger partial charge in [0.2, 0.25) is 0 Å². The highest BCUT2D eigenvalue weighted by Gasteiger charge is 2.28. The maximum absolute atomic E-state index is 14.2. The number of halogens is 2. The zero-order valence-corrected chi connectivity index (χ0v) is 20.7. The highest BCUT2D eigenvalue weighted by molar-refractivity contribution is 6.02. The Morgan fingerprint density at radius 2 is 1.89 bits per heavy atom. The maximum atomic E-state index is 14.2. The summed E-state index contributed by atoms with van der Waals surface area (Å²) in [6.07, 6.45) is 1.37. The number of nitrogens with zero attached hydrogens (tertiary/aromatic N) is 3. The molecule has 1 saturated heterocycles. The summed E-state index contributed by atoms with van der Waals surface area (Å²) >= 11 is 0. The van der Waals surface area contributed by atoms with Crippen LogP contribution in [-0.4, -0.2) is 49.2 Å². The number of nitrogens with two attached hydrogens (primary N) is 1. The Hall–Kier alpha value is -4.10. The SMILES string of the molecule is COCOc1c(C#N)cccc1-c1ccc2ncc(-c3cc(F)cc(F)c3)c(N3CCC(N)C(O)C3)c2c1. The van der Waals surface area contributed by atoms with Gasteiger partial charge in [0.25, 0.3) is 0 Å². The summed E-state index contributed by atoms with van der Waals surface area (Å²) in [7, 11) is 1.50. The van der Waals surface area contributed by atoms with E-state index in [1.807, 2.05) is 29.2 Å². The van der Waals surface area contributed by atoms with Crippen molar-refractivity contribution in [1.29, 1.82) is 5.26 Å². The molecule has 0 saturated carbocycles. The molecule has 9 heteroatoms. The number of pyridine rings is 1. The third-order valence-corrected chi connectivity index (χ3v) is 6.73. The molecule has 3 N–H and O–H groups in total. The van der Waals surface area contributed by atoms with Crippen molar-refractivity contribution in [3.05, 3.63) is 78.0 Å². The van der Waals surface area contributed by atoms with E-state index in [4.69, 9.17) is 15.2 Å². The van der Waals surface area contributed by atoms with Crippen LogP contribution in [-0.2, 0) is 4.74 Å². The number of methoxy groups -OCH3 is 1. The minimum atomic E-state index is -0.770. The second kappa shape index (κ2) is 10.7. The molecule has 4 aromatic rings. The molecule has 1 aliphatic heterocycles. The van der Waals surface area contributed by atoms with E-state index in [1.54, 1.807) is 18.3 Å². The molecule has 1 aliphatic rings. The summed E-state index contributed by atoms with van der Waals surface area (Å²) < 4.78 is 39.3. The van der Waals surface area contributed by atoms with Crippen LogP contribution in [0.25, 0.3) is 33.2 Å². The third kappa shape index (κ3) is 4.89. The Labute approximate surface area is 218 Å². The summed E-state index contributed by atoms with van der Waals surface area (Å²) in [5.41, 5.74) is 10.0. The van der Waals surface area contributed by atoms with E-state index in [-0.39, 0.29) is 19.4 Å². The molecule has 2 unspecified atom stereocenters. The molecule has 0 aliphatic carbocycles. The first-order chi connectivity index (χ1) is 18.4. The molecule has 7 nitrogen and oxygen atoms in total. The number of hydrogen-bond acceptors (Lipinski definition) is 7. The van der Waals surface area contributed by atoms with Gasteiger partial charge in [-0.2, -0.15) is 5.26 Å². The monoisotopic (exact) mass is 516 g/mol. The first-order valence-corrected chi connectivity index (χ1v) is 12.1. The molecule has 5 rings (SSSR count). The number of piperidine rings is 1. The number of nitriles is 1. The number of aliphatic hydroxyl groups is 1. The van der Waals surface area contributed by atoms with Gasteiger partial charge in [0.1, 0.15) is 23.5 Å². The predicted molar refractivity (Wildman–Crippen MR) is 141 cm³/mol. The summed E-state index contributed by atoms with van der Waals surface area (Å²) in [6, 6.07) is 16.0. The average Bonchev–Trinajstić information content (AvgIpc) is 2.91. The lowest BCUT2D eigenvalue weighted by Gasteiger charge is -2.37. The fraction of sp³-hybridized carbons (Fsp3) is 0.241. The van der Waals surface area contributed by atoms with Gasteiger partial charge in [0.15, 0.2) is 6.79 Å². The zero-order valence-electron chi connectivity index (χ0n) is 20.7. The van der Waals surface area contributed by atoms with Crippen molar-refractivity contribution in [1.82, 2.24) is 4.98 Å². The molecule has 0 spiro atoms. The van der Waals surface area contributed by atoms with Gasteiger partial charge in [-0.15, -0.1) is 0 Å². The van der Waals surface area contributed by atoms with Gasteiger partial charge in [-0.1, -0.05) is 18.2 Å². The predicted octanol–water partition coefficient (Wildman–Crippen LogP) is 4.60. The van der Waals surface area contributed by atoms with Crippen LogP contribution < -0.4 is 15.4 Å². The molecular weight excluding hydrogens is 490 g/mol. The summed E-state index contributed by atoms with van der Waals surface area (Å²) in [4.78, 5) is 6.56. The van der Waals surface area contributed by atoms with Gasteiger partial charge < -0.3 is 25.2 Å². The Bertz CT molecular complexity index is 1520. The Morgan fingerprint density at radius 3 is 2.61 bits per heavy atom. The van der Waals surface area contributed by atoms with E-state index in [0.717, 1.165) is 11.6 Å². The average molecular weight is 517 g/mol. The molecular formula is C29H26F2N4O3. The molecule has 1 aromatic heterocycles. The molecule has 0 bridgehead atoms. The topological polar surface area (TPSA) is 105 Å². The van der Waals surface area contributed by atoms with Gasteiger partial charge in [0.05, 0.1) is 22.9 Å². The van der Waals surface area contributed by atoms with Crippen LogP contribution in [0.1, 0.15) is 12.0 Å². The summed E-state index contributed by atoms with van der Waals surface area (Å²) in [5, 5.41) is 20.9. The van der Waals surface area contributed by atoms with Crippen LogP contribution in [0.3, 0.4) is 0 Å². The fourth-order valence-corrected chi connectivity index (χ4v) is 4.89. The van der Waals surface area contributed by atoms with Gasteiger partial charge in [-0.25, -0.2) is 8.78 Å². The quantitative estimate of drug-likeness (QED) is 0.361. The molecule has 2 heterocycles. The number of rotatable bonds is 6. The van der Waals surface area contributed by atoms with Gasteiger partial charge in [0, 0.05) is 55.0 Å². The molecule has 0 amide bonds. The lowest BCUT2D eigenvalue weighted by molar-refractivity contribution is 0.0513. The number of benzene rings is 3. The van der Waals surface area contributed by atoms with Gasteiger partial charge >= 0.3 is 0 Å². The van der Waals surface area contributed by atoms with E-state index in [0.29, 0.717) is 57.6 Å². The third-order valence-electron chi connectivity index (χ3n) is 6.73. The summed E-state index contributed by atoms with van der Waals surface area (Å²) in [5.74, 6) is -1.02. The minimum absolute atomic E-state index is 0.0344. The number of fused-ring (bicyclic) bond motifs is 1. The Kier molecular flexibility index (Phi) is 7.20. The molecule has 1 fully saturated rings. The second-order valence-corrected chi connectivity index (χ2v) is 9.22. The number of para-hydroxylation sites is 1. The molecule has 2 atom stereocenters. The van der Waals surface area contributed by atoms with Crippen molar-refractivity contribution in [2.24, 2.45) is 5.73 Å². The van der Waals surface area contributed by atoms with Crippen LogP contribution in [0.2, 0.25) is 0 Å². The van der Waals surface area contributed by atoms with Crippen molar-refractivity contribution in [2.45, 2.75) is 18.6 Å². The standard InChI is InChI=1S/C29H26F2N4O3/c1-37-16-38-29-18(13-32)3-2-4-22(29)17-5-6-26-23(11-17)28(35-8-7-25(33)27(36)15-35)24(14-34-26)19-9-20(30)12-21(31)10-19/h2-6,9-12,14,25,27,36H,7-8,15-16,33H2,1H3. The first-order valence-electron chi connectivity index (χ1n) is 12.1. The number of ether oxygens (including phenoxy) is 2. The van der Waals surface area contributed by atoms with Gasteiger partial charge in [-0.3, -0.25) is 4.98 Å². The van der Waals surface area contributed by atoms with Crippen LogP contribution >= 0.6 is 0 Å². The highest BCUT2D eigenvalue weighted by atomic mass is 19.1. The van der Waals surface area contributed by atoms with Crippen LogP contribution in [0.5, 0.6) is 5.75 Å². The Balaban J connectivity index is 1.75. The van der Waals surface area contributed by atoms with Crippen molar-refractivity contribution in [2.75, 3.05) is 31.9 Å². The van der Waals surface area contributed by atoms with E-state index < -0.39 is 17.7 Å². The van der Waals surface area contributed by atoms with Crippen molar-refractivity contribution < 1.29 is 23.4 Å². The normalized spacial score (nSPS) is 17.4. The summed E-state index contributed by atoms with van der Waals surface area (Å²) in [6.45, 7) is 0.757.